The van der Waals surface area contributed by atoms with E-state index in [1.807, 2.05) is 61.5 Å². The van der Waals surface area contributed by atoms with Crippen LogP contribution in [0.3, 0.4) is 0 Å². The summed E-state index contributed by atoms with van der Waals surface area (Å²) in [6.07, 6.45) is -0.425. The fraction of sp³-hybridized carbons (Fsp3) is 0.160. The molecule has 4 aromatic rings. The van der Waals surface area contributed by atoms with Crippen LogP contribution in [0.15, 0.2) is 78.0 Å². The molecule has 1 aliphatic heterocycles. The molecule has 0 amide bonds. The number of aryl methyl sites for hydroxylation is 1. The third kappa shape index (κ3) is 4.11. The van der Waals surface area contributed by atoms with Crippen LogP contribution in [-0.2, 0) is 5.75 Å². The third-order valence-electron chi connectivity index (χ3n) is 5.27. The van der Waals surface area contributed by atoms with Gasteiger partial charge < -0.3 is 14.8 Å². The number of anilines is 1. The minimum absolute atomic E-state index is 0.425. The smallest absolute Gasteiger partial charge is 0.247 e. The summed E-state index contributed by atoms with van der Waals surface area (Å²) in [6.45, 7) is 2.02. The average Bonchev–Trinajstić information content (AvgIpc) is 3.00. The Balaban J connectivity index is 1.50. The second kappa shape index (κ2) is 8.88. The lowest BCUT2D eigenvalue weighted by Crippen LogP contribution is -2.17. The molecular weight excluding hydrogens is 420 g/mol. The van der Waals surface area contributed by atoms with Gasteiger partial charge in [0.1, 0.15) is 5.75 Å². The second-order valence-corrected chi connectivity index (χ2v) is 8.38. The van der Waals surface area contributed by atoms with Gasteiger partial charge in [-0.3, -0.25) is 0 Å². The number of rotatable bonds is 5. The molecule has 2 heterocycles. The summed E-state index contributed by atoms with van der Waals surface area (Å²) in [5.41, 5.74) is 5.68. The summed E-state index contributed by atoms with van der Waals surface area (Å²) in [4.78, 5) is 4.72. The molecule has 0 radical (unpaired) electrons. The lowest BCUT2D eigenvalue weighted by Gasteiger charge is -2.20. The summed E-state index contributed by atoms with van der Waals surface area (Å²) in [5.74, 6) is 2.07. The van der Waals surface area contributed by atoms with Gasteiger partial charge in [-0.15, -0.1) is 10.2 Å². The quantitative estimate of drug-likeness (QED) is 0.401. The van der Waals surface area contributed by atoms with Crippen LogP contribution in [0.4, 0.5) is 5.69 Å². The fourth-order valence-corrected chi connectivity index (χ4v) is 4.38. The monoisotopic (exact) mass is 442 g/mol. The SMILES string of the molecule is COc1ccc(C2Nc3ccccc3-c3nnc(SCc4ccccc4)nc3O2)cc1C. The highest BCUT2D eigenvalue weighted by molar-refractivity contribution is 7.98. The first-order valence-corrected chi connectivity index (χ1v) is 11.3. The van der Waals surface area contributed by atoms with E-state index in [0.717, 1.165) is 33.9 Å². The lowest BCUT2D eigenvalue weighted by atomic mass is 10.1. The first kappa shape index (κ1) is 20.3. The zero-order valence-electron chi connectivity index (χ0n) is 17.8. The number of nitrogens with one attached hydrogen (secondary N) is 1. The number of aromatic nitrogens is 3. The van der Waals surface area contributed by atoms with Crippen molar-refractivity contribution in [1.82, 2.24) is 15.2 Å². The van der Waals surface area contributed by atoms with E-state index in [-0.39, 0.29) is 0 Å². The van der Waals surface area contributed by atoms with E-state index < -0.39 is 6.23 Å². The molecule has 1 aromatic heterocycles. The number of thioether (sulfide) groups is 1. The maximum Gasteiger partial charge on any atom is 0.247 e. The van der Waals surface area contributed by atoms with Gasteiger partial charge in [-0.2, -0.15) is 4.98 Å². The van der Waals surface area contributed by atoms with Crippen LogP contribution in [0.1, 0.15) is 22.9 Å². The Morgan fingerprint density at radius 2 is 1.81 bits per heavy atom. The van der Waals surface area contributed by atoms with Crippen molar-refractivity contribution in [3.8, 4) is 22.9 Å². The highest BCUT2D eigenvalue weighted by Crippen LogP contribution is 2.40. The van der Waals surface area contributed by atoms with Gasteiger partial charge in [0.15, 0.2) is 11.9 Å². The number of nitrogens with zero attached hydrogens (tertiary/aromatic N) is 3. The normalized spacial score (nSPS) is 14.4. The molecule has 3 aromatic carbocycles. The molecule has 0 saturated heterocycles. The predicted molar refractivity (Wildman–Crippen MR) is 126 cm³/mol. The summed E-state index contributed by atoms with van der Waals surface area (Å²) < 4.78 is 11.8. The van der Waals surface area contributed by atoms with Crippen LogP contribution in [0.5, 0.6) is 11.6 Å². The molecule has 6 nitrogen and oxygen atoms in total. The molecule has 1 unspecified atom stereocenters. The van der Waals surface area contributed by atoms with Crippen molar-refractivity contribution in [3.63, 3.8) is 0 Å². The van der Waals surface area contributed by atoms with Crippen molar-refractivity contribution in [2.24, 2.45) is 0 Å². The van der Waals surface area contributed by atoms with Gasteiger partial charge in [-0.05, 0) is 42.3 Å². The molecule has 0 spiro atoms. The van der Waals surface area contributed by atoms with Gasteiger partial charge >= 0.3 is 0 Å². The minimum Gasteiger partial charge on any atom is -0.496 e. The van der Waals surface area contributed by atoms with Crippen LogP contribution in [-0.4, -0.2) is 22.3 Å². The largest absolute Gasteiger partial charge is 0.496 e. The Kier molecular flexibility index (Phi) is 5.64. The van der Waals surface area contributed by atoms with Crippen molar-refractivity contribution in [2.45, 2.75) is 24.1 Å². The first-order valence-electron chi connectivity index (χ1n) is 10.3. The summed E-state index contributed by atoms with van der Waals surface area (Å²) in [7, 11) is 1.67. The number of benzene rings is 3. The molecule has 1 atom stereocenters. The van der Waals surface area contributed by atoms with Crippen molar-refractivity contribution < 1.29 is 9.47 Å². The van der Waals surface area contributed by atoms with Crippen molar-refractivity contribution in [2.75, 3.05) is 12.4 Å². The van der Waals surface area contributed by atoms with E-state index in [1.165, 1.54) is 17.3 Å². The Morgan fingerprint density at radius 1 is 1.00 bits per heavy atom. The number of ether oxygens (including phenoxy) is 2. The van der Waals surface area contributed by atoms with Gasteiger partial charge in [0.05, 0.1) is 7.11 Å². The molecule has 0 saturated carbocycles. The molecule has 5 rings (SSSR count). The van der Waals surface area contributed by atoms with Crippen LogP contribution >= 0.6 is 11.8 Å². The van der Waals surface area contributed by atoms with Crippen molar-refractivity contribution in [3.05, 3.63) is 89.5 Å². The average molecular weight is 443 g/mol. The Labute approximate surface area is 191 Å². The predicted octanol–water partition coefficient (Wildman–Crippen LogP) is 5.65. The van der Waals surface area contributed by atoms with Gasteiger partial charge in [-0.1, -0.05) is 60.3 Å². The summed E-state index contributed by atoms with van der Waals surface area (Å²) >= 11 is 1.54. The lowest BCUT2D eigenvalue weighted by molar-refractivity contribution is 0.225. The first-order chi connectivity index (χ1) is 15.7. The Bertz CT molecular complexity index is 1250. The van der Waals surface area contributed by atoms with Crippen molar-refractivity contribution >= 4 is 17.4 Å². The van der Waals surface area contributed by atoms with E-state index in [4.69, 9.17) is 14.5 Å². The maximum atomic E-state index is 6.37. The number of hydrogen-bond donors (Lipinski definition) is 1. The zero-order chi connectivity index (χ0) is 21.9. The van der Waals surface area contributed by atoms with E-state index in [1.54, 1.807) is 7.11 Å². The highest BCUT2D eigenvalue weighted by atomic mass is 32.2. The molecule has 1 aliphatic rings. The molecular formula is C25H22N4O2S. The number of hydrogen-bond acceptors (Lipinski definition) is 7. The molecule has 0 bridgehead atoms. The Hall–Kier alpha value is -3.58. The highest BCUT2D eigenvalue weighted by Gasteiger charge is 2.26. The minimum atomic E-state index is -0.425. The number of fused-ring (bicyclic) bond motifs is 3. The molecule has 1 N–H and O–H groups in total. The van der Waals surface area contributed by atoms with Crippen LogP contribution in [0, 0.1) is 6.92 Å². The fourth-order valence-electron chi connectivity index (χ4n) is 3.65. The van der Waals surface area contributed by atoms with Gasteiger partial charge in [0.2, 0.25) is 11.0 Å². The topological polar surface area (TPSA) is 69.2 Å². The summed E-state index contributed by atoms with van der Waals surface area (Å²) in [6, 6.07) is 24.2. The summed E-state index contributed by atoms with van der Waals surface area (Å²) in [5, 5.41) is 12.9. The molecule has 7 heteroatoms. The molecule has 160 valence electrons. The van der Waals surface area contributed by atoms with Gasteiger partial charge in [-0.25, -0.2) is 0 Å². The molecule has 0 aliphatic carbocycles. The van der Waals surface area contributed by atoms with Crippen molar-refractivity contribution in [1.29, 1.82) is 0 Å². The molecule has 0 fully saturated rings. The van der Waals surface area contributed by atoms with Crippen LogP contribution in [0.2, 0.25) is 0 Å². The zero-order valence-corrected chi connectivity index (χ0v) is 18.6. The third-order valence-corrected chi connectivity index (χ3v) is 6.17. The van der Waals surface area contributed by atoms with Gasteiger partial charge in [0.25, 0.3) is 0 Å². The standard InChI is InChI=1S/C25H22N4O2S/c1-16-14-18(12-13-21(16)30-2)23-26-20-11-7-6-10-19(20)22-24(31-23)27-25(29-28-22)32-15-17-8-4-3-5-9-17/h3-14,23,26H,15H2,1-2H3. The van der Waals surface area contributed by atoms with E-state index in [0.29, 0.717) is 16.7 Å². The Morgan fingerprint density at radius 3 is 2.62 bits per heavy atom. The molecule has 32 heavy (non-hydrogen) atoms. The van der Waals surface area contributed by atoms with Crippen LogP contribution < -0.4 is 14.8 Å². The van der Waals surface area contributed by atoms with E-state index >= 15 is 0 Å². The maximum absolute atomic E-state index is 6.37. The number of methoxy groups -OCH3 is 1. The van der Waals surface area contributed by atoms with E-state index in [2.05, 4.69) is 33.7 Å². The van der Waals surface area contributed by atoms with Crippen LogP contribution in [0.25, 0.3) is 11.3 Å². The number of para-hydroxylation sites is 1. The second-order valence-electron chi connectivity index (χ2n) is 7.44. The van der Waals surface area contributed by atoms with E-state index in [9.17, 15) is 0 Å². The van der Waals surface area contributed by atoms with Gasteiger partial charge in [0, 0.05) is 22.6 Å².